The fourth-order valence-corrected chi connectivity index (χ4v) is 4.43. The lowest BCUT2D eigenvalue weighted by Crippen LogP contribution is -2.52. The van der Waals surface area contributed by atoms with Crippen LogP contribution in [0.1, 0.15) is 46.5 Å². The minimum atomic E-state index is -4.29. The summed E-state index contributed by atoms with van der Waals surface area (Å²) in [5.74, 6) is 1.55. The number of unbranched alkanes of at least 4 members (excludes halogenated alkanes) is 2. The standard InChI is InChI=1S/C24H35N2O9P/c1-5-6-7-8-12-25-24(29)26-19-10-9-18(14-20(19)28)34-23-16(3)15(2)22(33-17(4)27)21(35-23)11-13-36(30,31)32/h1,9-10,14-16,21-23,28H,6-8,11-13H2,2-4H3,(H2,25,26,29)(H2,30,31,32)/t15-,16+,21-,22+,23+/m1/s1. The third-order valence-electron chi connectivity index (χ3n) is 5.96. The van der Waals surface area contributed by atoms with Gasteiger partial charge < -0.3 is 39.7 Å². The van der Waals surface area contributed by atoms with E-state index in [4.69, 9.17) is 20.6 Å². The number of hydrogen-bond donors (Lipinski definition) is 5. The van der Waals surface area contributed by atoms with Gasteiger partial charge in [0, 0.05) is 37.8 Å². The summed E-state index contributed by atoms with van der Waals surface area (Å²) in [6, 6.07) is 3.88. The van der Waals surface area contributed by atoms with Crippen molar-refractivity contribution in [3.05, 3.63) is 18.2 Å². The predicted molar refractivity (Wildman–Crippen MR) is 133 cm³/mol. The molecule has 2 amide bonds. The molecule has 5 atom stereocenters. The number of ether oxygens (including phenoxy) is 3. The molecule has 36 heavy (non-hydrogen) atoms. The number of urea groups is 1. The number of anilines is 1. The van der Waals surface area contributed by atoms with E-state index in [1.165, 1.54) is 19.1 Å². The Labute approximate surface area is 211 Å². The van der Waals surface area contributed by atoms with Crippen molar-refractivity contribution in [2.75, 3.05) is 18.0 Å². The van der Waals surface area contributed by atoms with Gasteiger partial charge in [-0.3, -0.25) is 9.36 Å². The van der Waals surface area contributed by atoms with Crippen LogP contribution < -0.4 is 15.4 Å². The molecule has 0 aliphatic carbocycles. The van der Waals surface area contributed by atoms with Crippen molar-refractivity contribution in [2.45, 2.75) is 65.0 Å². The van der Waals surface area contributed by atoms with Crippen molar-refractivity contribution >= 4 is 25.3 Å². The first-order valence-electron chi connectivity index (χ1n) is 11.8. The van der Waals surface area contributed by atoms with Crippen molar-refractivity contribution in [1.82, 2.24) is 5.32 Å². The van der Waals surface area contributed by atoms with Crippen LogP contribution in [0.25, 0.3) is 0 Å². The summed E-state index contributed by atoms with van der Waals surface area (Å²) in [5, 5.41) is 15.6. The Bertz CT molecular complexity index is 990. The normalized spacial score (nSPS) is 23.8. The Morgan fingerprint density at radius 1 is 1.22 bits per heavy atom. The minimum absolute atomic E-state index is 0.0366. The topological polar surface area (TPSA) is 164 Å². The smallest absolute Gasteiger partial charge is 0.325 e. The highest BCUT2D eigenvalue weighted by atomic mass is 31.2. The Hall–Kier alpha value is -2.77. The molecule has 1 saturated heterocycles. The minimum Gasteiger partial charge on any atom is -0.506 e. The van der Waals surface area contributed by atoms with Crippen LogP contribution in [0.15, 0.2) is 18.2 Å². The predicted octanol–water partition coefficient (Wildman–Crippen LogP) is 3.19. The molecule has 200 valence electrons. The van der Waals surface area contributed by atoms with Gasteiger partial charge in [0.15, 0.2) is 0 Å². The summed E-state index contributed by atoms with van der Waals surface area (Å²) >= 11 is 0. The molecule has 1 aromatic carbocycles. The fourth-order valence-electron chi connectivity index (χ4n) is 3.84. The highest BCUT2D eigenvalue weighted by Crippen LogP contribution is 2.40. The maximum Gasteiger partial charge on any atom is 0.325 e. The molecule has 1 aliphatic rings. The summed E-state index contributed by atoms with van der Waals surface area (Å²) in [4.78, 5) is 42.2. The highest BCUT2D eigenvalue weighted by Gasteiger charge is 2.45. The average Bonchev–Trinajstić information content (AvgIpc) is 2.78. The van der Waals surface area contributed by atoms with E-state index in [-0.39, 0.29) is 35.4 Å². The Balaban J connectivity index is 2.04. The molecule has 0 unspecified atom stereocenters. The molecule has 1 aromatic rings. The van der Waals surface area contributed by atoms with Gasteiger partial charge in [-0.1, -0.05) is 13.8 Å². The molecule has 1 fully saturated rings. The number of terminal acetylenes is 1. The van der Waals surface area contributed by atoms with E-state index < -0.39 is 44.3 Å². The fraction of sp³-hybridized carbons (Fsp3) is 0.583. The van der Waals surface area contributed by atoms with Gasteiger partial charge >= 0.3 is 19.6 Å². The van der Waals surface area contributed by atoms with Crippen LogP contribution in [0.4, 0.5) is 10.5 Å². The number of nitrogens with one attached hydrogen (secondary N) is 2. The van der Waals surface area contributed by atoms with Crippen LogP contribution in [-0.4, -0.2) is 58.1 Å². The summed E-state index contributed by atoms with van der Waals surface area (Å²) in [6.45, 7) is 5.39. The van der Waals surface area contributed by atoms with Crippen molar-refractivity contribution in [1.29, 1.82) is 0 Å². The van der Waals surface area contributed by atoms with Crippen LogP contribution in [0, 0.1) is 24.2 Å². The Morgan fingerprint density at radius 3 is 2.56 bits per heavy atom. The maximum atomic E-state index is 12.0. The molecule has 0 spiro atoms. The molecule has 0 bridgehead atoms. The number of carbonyl (C=O) groups is 2. The molecule has 0 saturated carbocycles. The lowest BCUT2D eigenvalue weighted by atomic mass is 9.83. The van der Waals surface area contributed by atoms with E-state index in [2.05, 4.69) is 16.6 Å². The maximum absolute atomic E-state index is 12.0. The molecule has 1 heterocycles. The molecule has 12 heteroatoms. The highest BCUT2D eigenvalue weighted by molar-refractivity contribution is 7.51. The quantitative estimate of drug-likeness (QED) is 0.0958. The van der Waals surface area contributed by atoms with E-state index in [1.54, 1.807) is 6.07 Å². The van der Waals surface area contributed by atoms with E-state index in [9.17, 15) is 29.0 Å². The molecule has 0 aromatic heterocycles. The van der Waals surface area contributed by atoms with E-state index in [0.29, 0.717) is 13.0 Å². The second kappa shape index (κ2) is 13.5. The van der Waals surface area contributed by atoms with Crippen LogP contribution in [0.2, 0.25) is 0 Å². The lowest BCUT2D eigenvalue weighted by molar-refractivity contribution is -0.239. The molecule has 1 aliphatic heterocycles. The lowest BCUT2D eigenvalue weighted by Gasteiger charge is -2.43. The van der Waals surface area contributed by atoms with Crippen molar-refractivity contribution in [2.24, 2.45) is 11.8 Å². The van der Waals surface area contributed by atoms with Crippen molar-refractivity contribution in [3.63, 3.8) is 0 Å². The molecular formula is C24H35N2O9P. The van der Waals surface area contributed by atoms with Gasteiger partial charge in [-0.25, -0.2) is 4.79 Å². The van der Waals surface area contributed by atoms with Gasteiger partial charge in [0.05, 0.1) is 18.0 Å². The first kappa shape index (κ1) is 29.5. The molecule has 11 nitrogen and oxygen atoms in total. The van der Waals surface area contributed by atoms with Gasteiger partial charge in [0.1, 0.15) is 17.6 Å². The van der Waals surface area contributed by atoms with Crippen LogP contribution >= 0.6 is 7.60 Å². The monoisotopic (exact) mass is 526 g/mol. The van der Waals surface area contributed by atoms with Gasteiger partial charge in [0.25, 0.3) is 0 Å². The first-order chi connectivity index (χ1) is 16.9. The number of benzene rings is 1. The van der Waals surface area contributed by atoms with Crippen LogP contribution in [0.3, 0.4) is 0 Å². The molecule has 5 N–H and O–H groups in total. The number of esters is 1. The Morgan fingerprint density at radius 2 is 1.94 bits per heavy atom. The van der Waals surface area contributed by atoms with E-state index >= 15 is 0 Å². The molecule has 0 radical (unpaired) electrons. The third kappa shape index (κ3) is 9.36. The second-order valence-electron chi connectivity index (χ2n) is 8.85. The first-order valence-corrected chi connectivity index (χ1v) is 13.6. The molecule has 2 rings (SSSR count). The summed E-state index contributed by atoms with van der Waals surface area (Å²) in [7, 11) is -4.29. The Kier molecular flexibility index (Phi) is 11.1. The number of rotatable bonds is 11. The second-order valence-corrected chi connectivity index (χ2v) is 10.6. The molecular weight excluding hydrogens is 491 g/mol. The summed E-state index contributed by atoms with van der Waals surface area (Å²) in [5.41, 5.74) is 0.184. The third-order valence-corrected chi connectivity index (χ3v) is 6.80. The summed E-state index contributed by atoms with van der Waals surface area (Å²) < 4.78 is 28.7. The van der Waals surface area contributed by atoms with Gasteiger partial charge in [-0.2, -0.15) is 0 Å². The zero-order valence-electron chi connectivity index (χ0n) is 20.7. The summed E-state index contributed by atoms with van der Waals surface area (Å²) in [6.07, 6.45) is 4.57. The van der Waals surface area contributed by atoms with Crippen molar-refractivity contribution in [3.8, 4) is 23.8 Å². The average molecular weight is 527 g/mol. The van der Waals surface area contributed by atoms with Crippen molar-refractivity contribution < 1.29 is 43.3 Å². The van der Waals surface area contributed by atoms with Gasteiger partial charge in [0.2, 0.25) is 6.29 Å². The number of phenolic OH excluding ortho intramolecular Hbond substituents is 1. The zero-order valence-corrected chi connectivity index (χ0v) is 21.6. The van der Waals surface area contributed by atoms with Crippen LogP contribution in [0.5, 0.6) is 11.5 Å². The number of phenols is 1. The van der Waals surface area contributed by atoms with Crippen LogP contribution in [-0.2, 0) is 18.8 Å². The van der Waals surface area contributed by atoms with E-state index in [1.807, 2.05) is 13.8 Å². The number of aromatic hydroxyl groups is 1. The SMILES string of the molecule is C#CCCCCNC(=O)Nc1ccc(O[C@H]2O[C@H](CCP(=O)(O)O)[C@@H](OC(C)=O)[C@H](C)[C@@H]2C)cc1O. The van der Waals surface area contributed by atoms with E-state index in [0.717, 1.165) is 12.8 Å². The number of hydrogen-bond acceptors (Lipinski definition) is 7. The largest absolute Gasteiger partial charge is 0.506 e. The van der Waals surface area contributed by atoms with Gasteiger partial charge in [-0.15, -0.1) is 12.3 Å². The zero-order chi connectivity index (χ0) is 26.9. The van der Waals surface area contributed by atoms with Gasteiger partial charge in [-0.05, 0) is 31.4 Å². The number of amides is 2. The number of carbonyl (C=O) groups excluding carboxylic acids is 2.